The van der Waals surface area contributed by atoms with E-state index in [1.54, 1.807) is 0 Å². The topological polar surface area (TPSA) is 237 Å². The zero-order chi connectivity index (χ0) is 76.0. The molecular formula is C85H154O17P2. The van der Waals surface area contributed by atoms with Crippen molar-refractivity contribution in [1.29, 1.82) is 0 Å². The van der Waals surface area contributed by atoms with Gasteiger partial charge in [0.25, 0.3) is 0 Å². The number of rotatable bonds is 80. The molecule has 0 aromatic rings. The van der Waals surface area contributed by atoms with Gasteiger partial charge < -0.3 is 33.8 Å². The Labute approximate surface area is 634 Å². The Morgan fingerprint density at radius 1 is 0.269 bits per heavy atom. The van der Waals surface area contributed by atoms with Crippen molar-refractivity contribution in [2.45, 2.75) is 406 Å². The van der Waals surface area contributed by atoms with E-state index in [1.165, 1.54) is 148 Å². The quantitative estimate of drug-likeness (QED) is 0.0169. The zero-order valence-electron chi connectivity index (χ0n) is 66.5. The summed E-state index contributed by atoms with van der Waals surface area (Å²) in [5, 5.41) is 10.7. The second-order valence-electron chi connectivity index (χ2n) is 28.4. The Kier molecular flexibility index (Phi) is 75.0. The summed E-state index contributed by atoms with van der Waals surface area (Å²) in [5.74, 6) is -2.16. The Hall–Kier alpha value is -3.50. The van der Waals surface area contributed by atoms with E-state index in [2.05, 4.69) is 101 Å². The van der Waals surface area contributed by atoms with Crippen LogP contribution in [0, 0.1) is 0 Å². The molecule has 0 spiro atoms. The highest BCUT2D eigenvalue weighted by atomic mass is 31.2. The van der Waals surface area contributed by atoms with Crippen LogP contribution < -0.4 is 0 Å². The van der Waals surface area contributed by atoms with Gasteiger partial charge >= 0.3 is 39.5 Å². The molecule has 19 heteroatoms. The molecule has 0 bridgehead atoms. The SMILES string of the molecule is CCCCC/C=C\C/C=C\C/C=C\CCCCCCCCC(=O)OCC(COP(=O)(O)OCC(O)COP(=O)(O)OCC(COC(=O)CCCCCCCCCCCCCCC)OC(=O)CCCCCCCCCCCCCCC)OC(=O)CCCCCCCC/C=C\C/C=C\C/C=C\CCCCC. The zero-order valence-corrected chi connectivity index (χ0v) is 68.2. The Morgan fingerprint density at radius 2 is 0.471 bits per heavy atom. The Morgan fingerprint density at radius 3 is 0.740 bits per heavy atom. The molecule has 0 heterocycles. The highest BCUT2D eigenvalue weighted by Crippen LogP contribution is 2.45. The second-order valence-corrected chi connectivity index (χ2v) is 31.3. The second kappa shape index (κ2) is 77.7. The van der Waals surface area contributed by atoms with Crippen molar-refractivity contribution < 1.29 is 80.2 Å². The molecule has 606 valence electrons. The van der Waals surface area contributed by atoms with Crippen molar-refractivity contribution in [3.05, 3.63) is 72.9 Å². The minimum Gasteiger partial charge on any atom is -0.462 e. The first-order valence-corrected chi connectivity index (χ1v) is 45.2. The van der Waals surface area contributed by atoms with Gasteiger partial charge in [-0.1, -0.05) is 332 Å². The van der Waals surface area contributed by atoms with E-state index in [4.69, 9.17) is 37.0 Å². The summed E-state index contributed by atoms with van der Waals surface area (Å²) < 4.78 is 68.7. The van der Waals surface area contributed by atoms with Gasteiger partial charge in [0.2, 0.25) is 0 Å². The molecule has 0 fully saturated rings. The minimum absolute atomic E-state index is 0.0800. The first-order chi connectivity index (χ1) is 50.7. The predicted molar refractivity (Wildman–Crippen MR) is 427 cm³/mol. The van der Waals surface area contributed by atoms with Gasteiger partial charge in [-0.05, 0) is 103 Å². The van der Waals surface area contributed by atoms with Crippen LogP contribution in [0.5, 0.6) is 0 Å². The van der Waals surface area contributed by atoms with E-state index in [0.717, 1.165) is 161 Å². The maximum absolute atomic E-state index is 13.1. The van der Waals surface area contributed by atoms with Crippen LogP contribution in [0.25, 0.3) is 0 Å². The van der Waals surface area contributed by atoms with Crippen molar-refractivity contribution in [3.63, 3.8) is 0 Å². The van der Waals surface area contributed by atoms with Crippen LogP contribution in [-0.4, -0.2) is 96.7 Å². The van der Waals surface area contributed by atoms with Crippen LogP contribution in [0.3, 0.4) is 0 Å². The number of phosphoric ester groups is 2. The third-order valence-electron chi connectivity index (χ3n) is 18.2. The number of aliphatic hydroxyl groups is 1. The van der Waals surface area contributed by atoms with E-state index in [9.17, 15) is 43.2 Å². The lowest BCUT2D eigenvalue weighted by molar-refractivity contribution is -0.161. The summed E-state index contributed by atoms with van der Waals surface area (Å²) in [6.07, 6.45) is 80.0. The molecule has 17 nitrogen and oxygen atoms in total. The lowest BCUT2D eigenvalue weighted by Crippen LogP contribution is -2.30. The molecule has 0 saturated carbocycles. The molecule has 0 aliphatic rings. The van der Waals surface area contributed by atoms with Crippen LogP contribution in [0.15, 0.2) is 72.9 Å². The number of allylic oxidation sites excluding steroid dienone is 12. The molecule has 0 saturated heterocycles. The van der Waals surface area contributed by atoms with Crippen molar-refractivity contribution in [2.75, 3.05) is 39.6 Å². The molecule has 5 atom stereocenters. The molecule has 0 aliphatic heterocycles. The van der Waals surface area contributed by atoms with Gasteiger partial charge in [-0.25, -0.2) is 9.13 Å². The normalized spacial score (nSPS) is 14.2. The number of phosphoric acid groups is 2. The van der Waals surface area contributed by atoms with Gasteiger partial charge in [0.1, 0.15) is 19.3 Å². The summed E-state index contributed by atoms with van der Waals surface area (Å²) in [4.78, 5) is 73.1. The number of carbonyl (C=O) groups is 4. The van der Waals surface area contributed by atoms with Gasteiger partial charge in [-0.15, -0.1) is 0 Å². The molecule has 3 N–H and O–H groups in total. The lowest BCUT2D eigenvalue weighted by atomic mass is 10.0. The smallest absolute Gasteiger partial charge is 0.462 e. The van der Waals surface area contributed by atoms with Crippen molar-refractivity contribution in [3.8, 4) is 0 Å². The molecule has 0 aromatic carbocycles. The lowest BCUT2D eigenvalue weighted by Gasteiger charge is -2.21. The van der Waals surface area contributed by atoms with E-state index in [1.807, 2.05) is 0 Å². The summed E-state index contributed by atoms with van der Waals surface area (Å²) in [6, 6.07) is 0. The van der Waals surface area contributed by atoms with E-state index < -0.39 is 97.5 Å². The predicted octanol–water partition coefficient (Wildman–Crippen LogP) is 24.8. The molecule has 0 radical (unpaired) electrons. The van der Waals surface area contributed by atoms with Crippen molar-refractivity contribution in [1.82, 2.24) is 0 Å². The van der Waals surface area contributed by atoms with Crippen molar-refractivity contribution >= 4 is 39.5 Å². The fourth-order valence-electron chi connectivity index (χ4n) is 11.7. The van der Waals surface area contributed by atoms with Gasteiger partial charge in [0.05, 0.1) is 26.4 Å². The molecule has 0 aromatic heterocycles. The summed E-state index contributed by atoms with van der Waals surface area (Å²) >= 11 is 0. The summed E-state index contributed by atoms with van der Waals surface area (Å²) in [5.41, 5.74) is 0. The largest absolute Gasteiger partial charge is 0.472 e. The maximum Gasteiger partial charge on any atom is 0.472 e. The number of carbonyl (C=O) groups excluding carboxylic acids is 4. The van der Waals surface area contributed by atoms with E-state index in [-0.39, 0.29) is 25.7 Å². The van der Waals surface area contributed by atoms with Crippen molar-refractivity contribution in [2.24, 2.45) is 0 Å². The molecular weight excluding hydrogens is 1350 g/mol. The Balaban J connectivity index is 5.34. The minimum atomic E-state index is -4.98. The van der Waals surface area contributed by atoms with Crippen LogP contribution in [0.2, 0.25) is 0 Å². The summed E-state index contributed by atoms with van der Waals surface area (Å²) in [6.45, 7) is 4.88. The first kappa shape index (κ1) is 100. The number of esters is 4. The number of ether oxygens (including phenoxy) is 4. The molecule has 5 unspecified atom stereocenters. The number of aliphatic hydroxyl groups excluding tert-OH is 1. The molecule has 0 aliphatic carbocycles. The van der Waals surface area contributed by atoms with Gasteiger partial charge in [0.15, 0.2) is 12.2 Å². The fraction of sp³-hybridized carbons (Fsp3) is 0.812. The third kappa shape index (κ3) is 76.7. The third-order valence-corrected chi connectivity index (χ3v) is 20.1. The first-order valence-electron chi connectivity index (χ1n) is 42.2. The standard InChI is InChI=1S/C85H154O17P2/c1-5-9-13-17-21-25-29-33-35-37-39-41-43-47-50-54-58-62-66-70-83(88)96-76-81(102-85(90)72-68-64-60-56-52-48-44-42-40-38-36-34-30-26-22-18-14-10-6-2)78-100-104(93,94)98-74-79(86)73-97-103(91,92)99-77-80(101-84(89)71-67-63-59-55-51-46-32-28-24-20-16-12-8-4)75-95-82(87)69-65-61-57-53-49-45-31-27-23-19-15-11-7-3/h21-22,25-26,33-36,39-42,79-81,86H,5-20,23-24,27-32,37-38,43-78H2,1-4H3,(H,91,92)(H,93,94)/b25-21-,26-22-,35-33-,36-34-,41-39-,42-40-. The van der Waals surface area contributed by atoms with Crippen LogP contribution in [0.1, 0.15) is 387 Å². The van der Waals surface area contributed by atoms with Gasteiger partial charge in [-0.3, -0.25) is 37.3 Å². The van der Waals surface area contributed by atoms with Gasteiger partial charge in [-0.2, -0.15) is 0 Å². The highest BCUT2D eigenvalue weighted by Gasteiger charge is 2.30. The average molecular weight is 1510 g/mol. The molecule has 0 amide bonds. The average Bonchev–Trinajstić information content (AvgIpc) is 0.906. The van der Waals surface area contributed by atoms with Gasteiger partial charge in [0, 0.05) is 25.7 Å². The number of hydrogen-bond acceptors (Lipinski definition) is 15. The monoisotopic (exact) mass is 1510 g/mol. The maximum atomic E-state index is 13.1. The van der Waals surface area contributed by atoms with E-state index >= 15 is 0 Å². The summed E-state index contributed by atoms with van der Waals surface area (Å²) in [7, 11) is -9.95. The highest BCUT2D eigenvalue weighted by molar-refractivity contribution is 7.47. The molecule has 0 rings (SSSR count). The van der Waals surface area contributed by atoms with Crippen LogP contribution >= 0.6 is 15.6 Å². The van der Waals surface area contributed by atoms with Crippen LogP contribution in [-0.2, 0) is 65.4 Å². The fourth-order valence-corrected chi connectivity index (χ4v) is 13.3. The number of hydrogen-bond donors (Lipinski definition) is 3. The van der Waals surface area contributed by atoms with E-state index in [0.29, 0.717) is 25.7 Å². The van der Waals surface area contributed by atoms with Crippen LogP contribution in [0.4, 0.5) is 0 Å². The molecule has 104 heavy (non-hydrogen) atoms. The Bertz CT molecular complexity index is 2250. The number of unbranched alkanes of at least 4 members (excludes halogenated alkanes) is 42.